The van der Waals surface area contributed by atoms with Gasteiger partial charge in [-0.2, -0.15) is 0 Å². The van der Waals surface area contributed by atoms with E-state index in [1.54, 1.807) is 24.3 Å². The fourth-order valence-electron chi connectivity index (χ4n) is 3.34. The molecule has 148 valence electrons. The molecule has 0 bridgehead atoms. The van der Waals surface area contributed by atoms with Gasteiger partial charge in [0.1, 0.15) is 5.75 Å². The predicted octanol–water partition coefficient (Wildman–Crippen LogP) is 3.35. The van der Waals surface area contributed by atoms with Gasteiger partial charge in [0.25, 0.3) is 5.91 Å². The third-order valence-corrected chi connectivity index (χ3v) is 5.05. The predicted molar refractivity (Wildman–Crippen MR) is 116 cm³/mol. The number of likely N-dealkylation sites (tertiary alicyclic amines) is 1. The second-order valence-corrected chi connectivity index (χ2v) is 7.33. The van der Waals surface area contributed by atoms with E-state index < -0.39 is 0 Å². The van der Waals surface area contributed by atoms with Crippen LogP contribution in [0.2, 0.25) is 0 Å². The van der Waals surface area contributed by atoms with Crippen LogP contribution in [0.15, 0.2) is 54.6 Å². The molecule has 0 spiro atoms. The van der Waals surface area contributed by atoms with Gasteiger partial charge in [0.15, 0.2) is 5.11 Å². The van der Waals surface area contributed by atoms with Crippen LogP contribution in [0.3, 0.4) is 0 Å². The zero-order valence-corrected chi connectivity index (χ0v) is 17.0. The largest absolute Gasteiger partial charge is 0.494 e. The minimum Gasteiger partial charge on any atom is -0.494 e. The molecule has 1 heterocycles. The lowest BCUT2D eigenvalue weighted by molar-refractivity contribution is 0.0976. The van der Waals surface area contributed by atoms with E-state index in [2.05, 4.69) is 39.8 Å². The van der Waals surface area contributed by atoms with Gasteiger partial charge in [-0.1, -0.05) is 30.3 Å². The van der Waals surface area contributed by atoms with Crippen LogP contribution in [0.5, 0.6) is 5.75 Å². The van der Waals surface area contributed by atoms with E-state index in [9.17, 15) is 4.79 Å². The first-order valence-corrected chi connectivity index (χ1v) is 10.2. The second-order valence-electron chi connectivity index (χ2n) is 6.92. The Kier molecular flexibility index (Phi) is 7.39. The van der Waals surface area contributed by atoms with Crippen molar-refractivity contribution in [3.05, 3.63) is 65.7 Å². The summed E-state index contributed by atoms with van der Waals surface area (Å²) in [6, 6.07) is 17.9. The minimum absolute atomic E-state index is 0.206. The average Bonchev–Trinajstić information content (AvgIpc) is 2.71. The molecule has 6 heteroatoms. The number of amides is 1. The first-order chi connectivity index (χ1) is 13.6. The number of ether oxygens (including phenoxy) is 1. The number of rotatable bonds is 6. The standard InChI is InChI=1S/C22H27N3O2S/c1-2-27-20-10-8-18(9-11-20)21(26)24-22(28)23-19-12-14-25(15-13-19)16-17-6-4-3-5-7-17/h3-11,19H,2,12-16H2,1H3,(H2,23,24,26,28). The Labute approximate surface area is 172 Å². The zero-order valence-electron chi connectivity index (χ0n) is 16.2. The summed E-state index contributed by atoms with van der Waals surface area (Å²) in [5, 5.41) is 6.45. The topological polar surface area (TPSA) is 53.6 Å². The molecule has 0 atom stereocenters. The molecular formula is C22H27N3O2S. The zero-order chi connectivity index (χ0) is 19.8. The smallest absolute Gasteiger partial charge is 0.257 e. The van der Waals surface area contributed by atoms with E-state index >= 15 is 0 Å². The highest BCUT2D eigenvalue weighted by molar-refractivity contribution is 7.80. The molecule has 0 radical (unpaired) electrons. The second kappa shape index (κ2) is 10.2. The van der Waals surface area contributed by atoms with Crippen LogP contribution in [0.25, 0.3) is 0 Å². The number of piperidine rings is 1. The Balaban J connectivity index is 1.41. The van der Waals surface area contributed by atoms with Crippen molar-refractivity contribution in [2.24, 2.45) is 0 Å². The highest BCUT2D eigenvalue weighted by Gasteiger charge is 2.20. The summed E-state index contributed by atoms with van der Waals surface area (Å²) in [7, 11) is 0. The molecule has 0 unspecified atom stereocenters. The molecule has 28 heavy (non-hydrogen) atoms. The molecule has 1 amide bonds. The number of nitrogens with one attached hydrogen (secondary N) is 2. The van der Waals surface area contributed by atoms with Crippen LogP contribution in [0.1, 0.15) is 35.7 Å². The number of benzene rings is 2. The summed E-state index contributed by atoms with van der Waals surface area (Å²) >= 11 is 5.33. The maximum Gasteiger partial charge on any atom is 0.257 e. The van der Waals surface area contributed by atoms with Crippen LogP contribution in [0.4, 0.5) is 0 Å². The van der Waals surface area contributed by atoms with Gasteiger partial charge in [0.2, 0.25) is 0 Å². The number of hydrogen-bond donors (Lipinski definition) is 2. The Bertz CT molecular complexity index is 772. The molecule has 3 rings (SSSR count). The fraction of sp³-hybridized carbons (Fsp3) is 0.364. The molecule has 1 aliphatic heterocycles. The molecular weight excluding hydrogens is 370 g/mol. The lowest BCUT2D eigenvalue weighted by Crippen LogP contribution is -2.48. The van der Waals surface area contributed by atoms with Gasteiger partial charge in [-0.05, 0) is 61.8 Å². The number of nitrogens with zero attached hydrogens (tertiary/aromatic N) is 1. The van der Waals surface area contributed by atoms with Crippen molar-refractivity contribution >= 4 is 23.2 Å². The summed E-state index contributed by atoms with van der Waals surface area (Å²) in [4.78, 5) is 14.8. The molecule has 0 aromatic heterocycles. The van der Waals surface area contributed by atoms with Gasteiger partial charge in [0, 0.05) is 31.2 Å². The molecule has 1 aliphatic rings. The lowest BCUT2D eigenvalue weighted by Gasteiger charge is -2.32. The maximum absolute atomic E-state index is 12.3. The van der Waals surface area contributed by atoms with Crippen LogP contribution in [-0.2, 0) is 6.54 Å². The number of carbonyl (C=O) groups excluding carboxylic acids is 1. The molecule has 2 N–H and O–H groups in total. The third-order valence-electron chi connectivity index (χ3n) is 4.83. The van der Waals surface area contributed by atoms with Gasteiger partial charge in [-0.15, -0.1) is 0 Å². The highest BCUT2D eigenvalue weighted by atomic mass is 32.1. The molecule has 1 fully saturated rings. The summed E-state index contributed by atoms with van der Waals surface area (Å²) in [6.45, 7) is 5.54. The average molecular weight is 398 g/mol. The third kappa shape index (κ3) is 6.04. The van der Waals surface area contributed by atoms with Gasteiger partial charge in [-0.3, -0.25) is 15.0 Å². The van der Waals surface area contributed by atoms with Crippen molar-refractivity contribution in [3.63, 3.8) is 0 Å². The van der Waals surface area contributed by atoms with E-state index in [-0.39, 0.29) is 5.91 Å². The Hall–Kier alpha value is -2.44. The molecule has 5 nitrogen and oxygen atoms in total. The number of thiocarbonyl (C=S) groups is 1. The number of hydrogen-bond acceptors (Lipinski definition) is 4. The van der Waals surface area contributed by atoms with Crippen molar-refractivity contribution in [3.8, 4) is 5.75 Å². The van der Waals surface area contributed by atoms with Crippen molar-refractivity contribution in [2.45, 2.75) is 32.4 Å². The fourth-order valence-corrected chi connectivity index (χ4v) is 3.60. The van der Waals surface area contributed by atoms with Crippen molar-refractivity contribution in [1.29, 1.82) is 0 Å². The van der Waals surface area contributed by atoms with E-state index in [0.29, 0.717) is 23.3 Å². The van der Waals surface area contributed by atoms with Crippen molar-refractivity contribution in [1.82, 2.24) is 15.5 Å². The van der Waals surface area contributed by atoms with Crippen LogP contribution < -0.4 is 15.4 Å². The van der Waals surface area contributed by atoms with Crippen LogP contribution >= 0.6 is 12.2 Å². The minimum atomic E-state index is -0.206. The summed E-state index contributed by atoms with van der Waals surface area (Å²) in [6.07, 6.45) is 2.01. The van der Waals surface area contributed by atoms with Crippen LogP contribution in [0, 0.1) is 0 Å². The summed E-state index contributed by atoms with van der Waals surface area (Å²) in [5.74, 6) is 0.545. The van der Waals surface area contributed by atoms with Gasteiger partial charge < -0.3 is 10.1 Å². The Morgan fingerprint density at radius 2 is 1.79 bits per heavy atom. The highest BCUT2D eigenvalue weighted by Crippen LogP contribution is 2.14. The van der Waals surface area contributed by atoms with Gasteiger partial charge in [0.05, 0.1) is 6.61 Å². The first-order valence-electron chi connectivity index (χ1n) is 9.75. The monoisotopic (exact) mass is 397 g/mol. The van der Waals surface area contributed by atoms with Crippen molar-refractivity contribution < 1.29 is 9.53 Å². The Morgan fingerprint density at radius 1 is 1.11 bits per heavy atom. The SMILES string of the molecule is CCOc1ccc(C(=O)NC(=S)NC2CCN(Cc3ccccc3)CC2)cc1. The first kappa shape index (κ1) is 20.3. The molecule has 2 aromatic rings. The molecule has 2 aromatic carbocycles. The summed E-state index contributed by atoms with van der Waals surface area (Å²) in [5.41, 5.74) is 1.90. The lowest BCUT2D eigenvalue weighted by atomic mass is 10.0. The molecule has 0 aliphatic carbocycles. The number of carbonyl (C=O) groups is 1. The van der Waals surface area contributed by atoms with E-state index in [4.69, 9.17) is 17.0 Å². The van der Waals surface area contributed by atoms with Crippen molar-refractivity contribution in [2.75, 3.05) is 19.7 Å². The maximum atomic E-state index is 12.3. The molecule has 1 saturated heterocycles. The normalized spacial score (nSPS) is 15.0. The van der Waals surface area contributed by atoms with E-state index in [1.807, 2.05) is 13.0 Å². The van der Waals surface area contributed by atoms with Crippen LogP contribution in [-0.4, -0.2) is 41.7 Å². The van der Waals surface area contributed by atoms with E-state index in [1.165, 1.54) is 5.56 Å². The van der Waals surface area contributed by atoms with Gasteiger partial charge >= 0.3 is 0 Å². The van der Waals surface area contributed by atoms with E-state index in [0.717, 1.165) is 38.2 Å². The van der Waals surface area contributed by atoms with Gasteiger partial charge in [-0.25, -0.2) is 0 Å². The summed E-state index contributed by atoms with van der Waals surface area (Å²) < 4.78 is 5.39. The quantitative estimate of drug-likeness (QED) is 0.732. The molecule has 0 saturated carbocycles. The Morgan fingerprint density at radius 3 is 2.43 bits per heavy atom.